The van der Waals surface area contributed by atoms with Gasteiger partial charge in [0.1, 0.15) is 0 Å². The lowest BCUT2D eigenvalue weighted by atomic mass is 9.92. The summed E-state index contributed by atoms with van der Waals surface area (Å²) in [6, 6.07) is 20.1. The predicted molar refractivity (Wildman–Crippen MR) is 108 cm³/mol. The molecule has 1 atom stereocenters. The van der Waals surface area contributed by atoms with Crippen molar-refractivity contribution in [3.63, 3.8) is 0 Å². The van der Waals surface area contributed by atoms with Crippen molar-refractivity contribution in [3.05, 3.63) is 71.8 Å². The van der Waals surface area contributed by atoms with E-state index in [2.05, 4.69) is 4.72 Å². The Kier molecular flexibility index (Phi) is 7.01. The molecule has 0 spiro atoms. The van der Waals surface area contributed by atoms with Gasteiger partial charge in [0.15, 0.2) is 0 Å². The van der Waals surface area contributed by atoms with E-state index in [1.807, 2.05) is 60.7 Å². The maximum atomic E-state index is 12.9. The fourth-order valence-corrected chi connectivity index (χ4v) is 5.03. The standard InChI is InChI=1S/C21H28N2O3S/c1-26-17-18-9-8-14-23(16-18)27(24,25)22-15-21(19-10-4-2-5-11-19)20-12-6-3-7-13-20/h2-7,10-13,18,21-22H,8-9,14-17H2,1H3. The fourth-order valence-electron chi connectivity index (χ4n) is 3.70. The van der Waals surface area contributed by atoms with Gasteiger partial charge in [0.2, 0.25) is 0 Å². The summed E-state index contributed by atoms with van der Waals surface area (Å²) >= 11 is 0. The minimum absolute atomic E-state index is 0.0262. The summed E-state index contributed by atoms with van der Waals surface area (Å²) in [6.07, 6.45) is 1.88. The minimum atomic E-state index is -3.52. The molecule has 6 heteroatoms. The molecule has 0 amide bonds. The minimum Gasteiger partial charge on any atom is -0.384 e. The highest BCUT2D eigenvalue weighted by Crippen LogP contribution is 2.25. The second-order valence-electron chi connectivity index (χ2n) is 7.05. The van der Waals surface area contributed by atoms with Gasteiger partial charge in [-0.15, -0.1) is 0 Å². The lowest BCUT2D eigenvalue weighted by Crippen LogP contribution is -2.47. The molecule has 1 saturated heterocycles. The maximum Gasteiger partial charge on any atom is 0.279 e. The van der Waals surface area contributed by atoms with Gasteiger partial charge in [-0.05, 0) is 29.9 Å². The zero-order valence-electron chi connectivity index (χ0n) is 15.8. The molecule has 0 bridgehead atoms. The van der Waals surface area contributed by atoms with Gasteiger partial charge in [-0.25, -0.2) is 4.72 Å². The number of benzene rings is 2. The number of piperidine rings is 1. The summed E-state index contributed by atoms with van der Waals surface area (Å²) in [5, 5.41) is 0. The fraction of sp³-hybridized carbons (Fsp3) is 0.429. The Labute approximate surface area is 162 Å². The van der Waals surface area contributed by atoms with Crippen LogP contribution in [0.1, 0.15) is 29.9 Å². The molecule has 1 fully saturated rings. The van der Waals surface area contributed by atoms with Crippen LogP contribution in [-0.4, -0.2) is 46.1 Å². The lowest BCUT2D eigenvalue weighted by Gasteiger charge is -2.32. The molecule has 27 heavy (non-hydrogen) atoms. The summed E-state index contributed by atoms with van der Waals surface area (Å²) < 4.78 is 35.4. The van der Waals surface area contributed by atoms with Crippen molar-refractivity contribution in [2.75, 3.05) is 33.4 Å². The number of hydrogen-bond donors (Lipinski definition) is 1. The van der Waals surface area contributed by atoms with Crippen molar-refractivity contribution in [1.29, 1.82) is 0 Å². The van der Waals surface area contributed by atoms with Crippen molar-refractivity contribution >= 4 is 10.2 Å². The van der Waals surface area contributed by atoms with Gasteiger partial charge in [0.05, 0.1) is 6.61 Å². The Balaban J connectivity index is 1.73. The van der Waals surface area contributed by atoms with Crippen LogP contribution in [0.4, 0.5) is 0 Å². The van der Waals surface area contributed by atoms with Crippen LogP contribution in [0.2, 0.25) is 0 Å². The first kappa shape index (κ1) is 20.0. The normalized spacial score (nSPS) is 18.7. The molecule has 2 aromatic rings. The van der Waals surface area contributed by atoms with Crippen molar-refractivity contribution in [2.24, 2.45) is 5.92 Å². The van der Waals surface area contributed by atoms with Gasteiger partial charge in [-0.2, -0.15) is 12.7 Å². The number of hydrogen-bond acceptors (Lipinski definition) is 3. The second kappa shape index (κ2) is 9.46. The van der Waals surface area contributed by atoms with Crippen LogP contribution in [-0.2, 0) is 14.9 Å². The maximum absolute atomic E-state index is 12.9. The highest BCUT2D eigenvalue weighted by atomic mass is 32.2. The Morgan fingerprint density at radius 1 is 1.07 bits per heavy atom. The third-order valence-electron chi connectivity index (χ3n) is 5.10. The molecule has 0 aliphatic carbocycles. The Morgan fingerprint density at radius 3 is 2.22 bits per heavy atom. The second-order valence-corrected chi connectivity index (χ2v) is 8.80. The van der Waals surface area contributed by atoms with Crippen molar-refractivity contribution in [2.45, 2.75) is 18.8 Å². The largest absolute Gasteiger partial charge is 0.384 e. The number of nitrogens with one attached hydrogen (secondary N) is 1. The molecule has 5 nitrogen and oxygen atoms in total. The van der Waals surface area contributed by atoms with Crippen molar-refractivity contribution in [3.8, 4) is 0 Å². The Morgan fingerprint density at radius 2 is 1.67 bits per heavy atom. The topological polar surface area (TPSA) is 58.6 Å². The molecule has 0 aromatic heterocycles. The van der Waals surface area contributed by atoms with Gasteiger partial charge in [0, 0.05) is 32.7 Å². The van der Waals surface area contributed by atoms with Crippen LogP contribution >= 0.6 is 0 Å². The molecule has 0 saturated carbocycles. The SMILES string of the molecule is COCC1CCCN(S(=O)(=O)NCC(c2ccccc2)c2ccccc2)C1. The molecule has 0 radical (unpaired) electrons. The molecular weight excluding hydrogens is 360 g/mol. The average molecular weight is 389 g/mol. The first-order chi connectivity index (χ1) is 13.1. The average Bonchev–Trinajstić information content (AvgIpc) is 2.70. The summed E-state index contributed by atoms with van der Waals surface area (Å²) in [5.41, 5.74) is 2.20. The summed E-state index contributed by atoms with van der Waals surface area (Å²) in [4.78, 5) is 0. The number of ether oxygens (including phenoxy) is 1. The number of nitrogens with zero attached hydrogens (tertiary/aromatic N) is 1. The molecule has 1 unspecified atom stereocenters. The molecule has 1 N–H and O–H groups in total. The van der Waals surface area contributed by atoms with Gasteiger partial charge in [0.25, 0.3) is 10.2 Å². The van der Waals surface area contributed by atoms with Crippen LogP contribution in [0.25, 0.3) is 0 Å². The number of rotatable bonds is 8. The van der Waals surface area contributed by atoms with E-state index in [0.29, 0.717) is 26.2 Å². The van der Waals surface area contributed by atoms with Crippen LogP contribution in [0, 0.1) is 5.92 Å². The first-order valence-electron chi connectivity index (χ1n) is 9.43. The van der Waals surface area contributed by atoms with Crippen molar-refractivity contribution in [1.82, 2.24) is 9.03 Å². The smallest absolute Gasteiger partial charge is 0.279 e. The molecule has 1 aliphatic rings. The molecule has 1 aliphatic heterocycles. The van der Waals surface area contributed by atoms with Crippen LogP contribution in [0.15, 0.2) is 60.7 Å². The predicted octanol–water partition coefficient (Wildman–Crippen LogP) is 3.01. The first-order valence-corrected chi connectivity index (χ1v) is 10.9. The van der Waals surface area contributed by atoms with E-state index in [-0.39, 0.29) is 11.8 Å². The van der Waals surface area contributed by atoms with E-state index in [1.54, 1.807) is 11.4 Å². The van der Waals surface area contributed by atoms with Gasteiger partial charge in [-0.3, -0.25) is 0 Å². The monoisotopic (exact) mass is 388 g/mol. The third-order valence-corrected chi connectivity index (χ3v) is 6.64. The van der Waals surface area contributed by atoms with Crippen LogP contribution < -0.4 is 4.72 Å². The van der Waals surface area contributed by atoms with E-state index >= 15 is 0 Å². The summed E-state index contributed by atoms with van der Waals surface area (Å²) in [5.74, 6) is 0.237. The lowest BCUT2D eigenvalue weighted by molar-refractivity contribution is 0.118. The summed E-state index contributed by atoms with van der Waals surface area (Å²) in [7, 11) is -1.86. The summed E-state index contributed by atoms with van der Waals surface area (Å²) in [6.45, 7) is 2.02. The third kappa shape index (κ3) is 5.39. The zero-order valence-corrected chi connectivity index (χ0v) is 16.6. The van der Waals surface area contributed by atoms with E-state index < -0.39 is 10.2 Å². The Hall–Kier alpha value is -1.73. The molecule has 2 aromatic carbocycles. The number of methoxy groups -OCH3 is 1. The van der Waals surface area contributed by atoms with Gasteiger partial charge >= 0.3 is 0 Å². The van der Waals surface area contributed by atoms with Gasteiger partial charge in [-0.1, -0.05) is 60.7 Å². The van der Waals surface area contributed by atoms with E-state index in [1.165, 1.54) is 0 Å². The molecular formula is C21H28N2O3S. The van der Waals surface area contributed by atoms with Gasteiger partial charge < -0.3 is 4.74 Å². The van der Waals surface area contributed by atoms with E-state index in [4.69, 9.17) is 4.74 Å². The van der Waals surface area contributed by atoms with Crippen LogP contribution in [0.5, 0.6) is 0 Å². The highest BCUT2D eigenvalue weighted by Gasteiger charge is 2.29. The van der Waals surface area contributed by atoms with Crippen LogP contribution in [0.3, 0.4) is 0 Å². The highest BCUT2D eigenvalue weighted by molar-refractivity contribution is 7.87. The molecule has 3 rings (SSSR count). The van der Waals surface area contributed by atoms with Crippen molar-refractivity contribution < 1.29 is 13.2 Å². The Bertz CT molecular complexity index is 755. The molecule has 1 heterocycles. The van der Waals surface area contributed by atoms with E-state index in [0.717, 1.165) is 24.0 Å². The van der Waals surface area contributed by atoms with E-state index in [9.17, 15) is 8.42 Å². The zero-order chi connectivity index (χ0) is 19.1. The molecule has 146 valence electrons. The quantitative estimate of drug-likeness (QED) is 0.756.